The number of carbonyl (C=O) groups is 1. The fourth-order valence-corrected chi connectivity index (χ4v) is 3.70. The Balaban J connectivity index is 1.68. The molecule has 0 aliphatic carbocycles. The molecule has 3 rings (SSSR count). The van der Waals surface area contributed by atoms with Gasteiger partial charge in [-0.15, -0.1) is 28.2 Å². The third kappa shape index (κ3) is 4.46. The summed E-state index contributed by atoms with van der Waals surface area (Å²) in [5, 5.41) is 13.0. The van der Waals surface area contributed by atoms with Crippen molar-refractivity contribution in [2.75, 3.05) is 5.32 Å². The SMILES string of the molecule is CC(C)Sc1cccc(-c2nnc(NC(=O)Cc3cccs3)o2)c1. The summed E-state index contributed by atoms with van der Waals surface area (Å²) in [5.41, 5.74) is 0.840. The summed E-state index contributed by atoms with van der Waals surface area (Å²) in [6.07, 6.45) is 0.301. The lowest BCUT2D eigenvalue weighted by Gasteiger charge is -2.05. The molecule has 0 aliphatic rings. The van der Waals surface area contributed by atoms with Crippen LogP contribution < -0.4 is 5.32 Å². The summed E-state index contributed by atoms with van der Waals surface area (Å²) >= 11 is 3.31. The lowest BCUT2D eigenvalue weighted by Crippen LogP contribution is -2.13. The number of hydrogen-bond donors (Lipinski definition) is 1. The van der Waals surface area contributed by atoms with E-state index in [1.807, 2.05) is 41.8 Å². The van der Waals surface area contributed by atoms with Gasteiger partial charge in [0, 0.05) is 20.6 Å². The van der Waals surface area contributed by atoms with Gasteiger partial charge in [-0.3, -0.25) is 10.1 Å². The number of nitrogens with one attached hydrogen (secondary N) is 1. The molecule has 0 aliphatic heterocycles. The highest BCUT2D eigenvalue weighted by molar-refractivity contribution is 7.99. The summed E-state index contributed by atoms with van der Waals surface area (Å²) < 4.78 is 5.56. The summed E-state index contributed by atoms with van der Waals surface area (Å²) in [6.45, 7) is 4.29. The summed E-state index contributed by atoms with van der Waals surface area (Å²) in [5.74, 6) is 0.226. The highest BCUT2D eigenvalue weighted by Gasteiger charge is 2.13. The van der Waals surface area contributed by atoms with Gasteiger partial charge in [-0.05, 0) is 29.6 Å². The molecular weight excluding hydrogens is 342 g/mol. The molecule has 1 amide bonds. The predicted molar refractivity (Wildman–Crippen MR) is 97.4 cm³/mol. The van der Waals surface area contributed by atoms with Crippen molar-refractivity contribution >= 4 is 35.0 Å². The van der Waals surface area contributed by atoms with Crippen molar-refractivity contribution in [3.05, 3.63) is 46.7 Å². The van der Waals surface area contributed by atoms with Gasteiger partial charge in [-0.2, -0.15) is 0 Å². The third-order valence-electron chi connectivity index (χ3n) is 3.04. The van der Waals surface area contributed by atoms with E-state index in [1.54, 1.807) is 23.1 Å². The van der Waals surface area contributed by atoms with Crippen molar-refractivity contribution in [3.8, 4) is 11.5 Å². The lowest BCUT2D eigenvalue weighted by molar-refractivity contribution is -0.115. The van der Waals surface area contributed by atoms with Crippen LogP contribution >= 0.6 is 23.1 Å². The van der Waals surface area contributed by atoms with Gasteiger partial charge in [0.05, 0.1) is 6.42 Å². The summed E-state index contributed by atoms with van der Waals surface area (Å²) in [4.78, 5) is 14.1. The number of hydrogen-bond acceptors (Lipinski definition) is 6. The molecule has 2 aromatic heterocycles. The van der Waals surface area contributed by atoms with Gasteiger partial charge in [0.15, 0.2) is 0 Å². The van der Waals surface area contributed by atoms with Crippen molar-refractivity contribution in [1.29, 1.82) is 0 Å². The predicted octanol–water partition coefficient (Wildman–Crippen LogP) is 4.48. The van der Waals surface area contributed by atoms with Gasteiger partial charge >= 0.3 is 6.01 Å². The van der Waals surface area contributed by atoms with E-state index >= 15 is 0 Å². The van der Waals surface area contributed by atoms with Crippen molar-refractivity contribution in [1.82, 2.24) is 10.2 Å². The molecule has 0 saturated heterocycles. The molecule has 0 bridgehead atoms. The van der Waals surface area contributed by atoms with Gasteiger partial charge < -0.3 is 4.42 Å². The van der Waals surface area contributed by atoms with E-state index in [0.717, 1.165) is 15.3 Å². The second-order valence-electron chi connectivity index (χ2n) is 5.41. The number of anilines is 1. The van der Waals surface area contributed by atoms with Gasteiger partial charge in [-0.25, -0.2) is 0 Å². The number of rotatable bonds is 6. The molecule has 7 heteroatoms. The standard InChI is InChI=1S/C17H17N3O2S2/c1-11(2)24-14-6-3-5-12(9-14)16-19-20-17(22-16)18-15(21)10-13-7-4-8-23-13/h3-9,11H,10H2,1-2H3,(H,18,20,21). The highest BCUT2D eigenvalue weighted by atomic mass is 32.2. The second-order valence-corrected chi connectivity index (χ2v) is 8.09. The van der Waals surface area contributed by atoms with Crippen LogP contribution in [-0.4, -0.2) is 21.4 Å². The van der Waals surface area contributed by atoms with E-state index in [-0.39, 0.29) is 11.9 Å². The Morgan fingerprint density at radius 2 is 2.17 bits per heavy atom. The largest absolute Gasteiger partial charge is 0.403 e. The number of carbonyl (C=O) groups excluding carboxylic acids is 1. The van der Waals surface area contributed by atoms with E-state index in [1.165, 1.54) is 0 Å². The summed E-state index contributed by atoms with van der Waals surface area (Å²) in [6, 6.07) is 11.9. The molecule has 0 saturated carbocycles. The van der Waals surface area contributed by atoms with E-state index in [0.29, 0.717) is 17.6 Å². The number of thiophene rings is 1. The monoisotopic (exact) mass is 359 g/mol. The maximum atomic E-state index is 12.0. The Labute approximate surface area is 148 Å². The Hall–Kier alpha value is -2.12. The van der Waals surface area contributed by atoms with Crippen molar-refractivity contribution in [3.63, 3.8) is 0 Å². The van der Waals surface area contributed by atoms with Gasteiger partial charge in [0.2, 0.25) is 11.8 Å². The van der Waals surface area contributed by atoms with Gasteiger partial charge in [-0.1, -0.05) is 31.1 Å². The Bertz CT molecular complexity index is 813. The molecule has 2 heterocycles. The summed E-state index contributed by atoms with van der Waals surface area (Å²) in [7, 11) is 0. The maximum absolute atomic E-state index is 12.0. The van der Waals surface area contributed by atoms with Crippen LogP contribution in [-0.2, 0) is 11.2 Å². The highest BCUT2D eigenvalue weighted by Crippen LogP contribution is 2.28. The molecular formula is C17H17N3O2S2. The van der Waals surface area contributed by atoms with E-state index in [9.17, 15) is 4.79 Å². The minimum absolute atomic E-state index is 0.119. The van der Waals surface area contributed by atoms with Crippen molar-refractivity contribution in [2.24, 2.45) is 0 Å². The van der Waals surface area contributed by atoms with E-state index in [4.69, 9.17) is 4.42 Å². The Kier molecular flexibility index (Phi) is 5.32. The van der Waals surface area contributed by atoms with Gasteiger partial charge in [0.25, 0.3) is 0 Å². The van der Waals surface area contributed by atoms with Crippen LogP contribution in [0.25, 0.3) is 11.5 Å². The zero-order valence-corrected chi connectivity index (χ0v) is 15.0. The molecule has 0 radical (unpaired) electrons. The molecule has 1 aromatic carbocycles. The average molecular weight is 359 g/mol. The molecule has 0 spiro atoms. The minimum atomic E-state index is -0.170. The normalized spacial score (nSPS) is 11.0. The number of benzene rings is 1. The smallest absolute Gasteiger partial charge is 0.322 e. The number of nitrogens with zero attached hydrogens (tertiary/aromatic N) is 2. The zero-order valence-electron chi connectivity index (χ0n) is 13.4. The fraction of sp³-hybridized carbons (Fsp3) is 0.235. The average Bonchev–Trinajstić information content (AvgIpc) is 3.18. The van der Waals surface area contributed by atoms with Crippen LogP contribution in [0.3, 0.4) is 0 Å². The van der Waals surface area contributed by atoms with Crippen LogP contribution in [0.1, 0.15) is 18.7 Å². The first-order valence-corrected chi connectivity index (χ1v) is 9.29. The first kappa shape index (κ1) is 16.7. The van der Waals surface area contributed by atoms with Crippen LogP contribution in [0, 0.1) is 0 Å². The number of thioether (sulfide) groups is 1. The molecule has 3 aromatic rings. The first-order chi connectivity index (χ1) is 11.6. The first-order valence-electron chi connectivity index (χ1n) is 7.53. The van der Waals surface area contributed by atoms with Crippen molar-refractivity contribution in [2.45, 2.75) is 30.4 Å². The quantitative estimate of drug-likeness (QED) is 0.657. The second kappa shape index (κ2) is 7.63. The van der Waals surface area contributed by atoms with Crippen LogP contribution in [0.2, 0.25) is 0 Å². The molecule has 1 N–H and O–H groups in total. The third-order valence-corrected chi connectivity index (χ3v) is 4.91. The van der Waals surface area contributed by atoms with Gasteiger partial charge in [0.1, 0.15) is 0 Å². The molecule has 24 heavy (non-hydrogen) atoms. The van der Waals surface area contributed by atoms with E-state index in [2.05, 4.69) is 29.4 Å². The van der Waals surface area contributed by atoms with Crippen molar-refractivity contribution < 1.29 is 9.21 Å². The number of amides is 1. The lowest BCUT2D eigenvalue weighted by atomic mass is 10.2. The Morgan fingerprint density at radius 1 is 1.29 bits per heavy atom. The fourth-order valence-electron chi connectivity index (χ4n) is 2.10. The molecule has 124 valence electrons. The Morgan fingerprint density at radius 3 is 2.92 bits per heavy atom. The minimum Gasteiger partial charge on any atom is -0.403 e. The van der Waals surface area contributed by atoms with Crippen LogP contribution in [0.15, 0.2) is 51.1 Å². The molecule has 0 fully saturated rings. The number of aromatic nitrogens is 2. The maximum Gasteiger partial charge on any atom is 0.322 e. The van der Waals surface area contributed by atoms with E-state index < -0.39 is 0 Å². The molecule has 5 nitrogen and oxygen atoms in total. The molecule has 0 atom stereocenters. The van der Waals surface area contributed by atoms with Crippen LogP contribution in [0.5, 0.6) is 0 Å². The zero-order chi connectivity index (χ0) is 16.9. The van der Waals surface area contributed by atoms with Crippen LogP contribution in [0.4, 0.5) is 6.01 Å². The topological polar surface area (TPSA) is 68.0 Å². The molecule has 0 unspecified atom stereocenters.